The third-order valence-electron chi connectivity index (χ3n) is 6.48. The van der Waals surface area contributed by atoms with Crippen LogP contribution in [-0.4, -0.2) is 141 Å². The van der Waals surface area contributed by atoms with E-state index in [9.17, 15) is 25.5 Å². The molecule has 170 valence electrons. The minimum atomic E-state index is -1.17. The van der Waals surface area contributed by atoms with Gasteiger partial charge in [0.25, 0.3) is 0 Å². The monoisotopic (exact) mass is 440 g/mol. The maximum absolute atomic E-state index is 10.4. The first kappa shape index (κ1) is 23.9. The molecule has 0 aromatic carbocycles. The summed E-state index contributed by atoms with van der Waals surface area (Å²) in [4.78, 5) is 0. The second-order valence-electron chi connectivity index (χ2n) is 8.57. The van der Waals surface area contributed by atoms with Gasteiger partial charge in [-0.1, -0.05) is 6.92 Å². The Kier molecular flexibility index (Phi) is 7.36. The van der Waals surface area contributed by atoms with Crippen molar-refractivity contribution in [1.29, 1.82) is 0 Å². The molecule has 4 aliphatic rings. The van der Waals surface area contributed by atoms with Gasteiger partial charge in [0.15, 0.2) is 0 Å². The zero-order valence-electron chi connectivity index (χ0n) is 17.1. The molecule has 12 atom stereocenters. The first-order chi connectivity index (χ1) is 14.8. The van der Waals surface area contributed by atoms with Crippen molar-refractivity contribution in [3.8, 4) is 0 Å². The molecule has 4 heterocycles. The van der Waals surface area contributed by atoms with Crippen LogP contribution in [0.2, 0.25) is 0 Å². The summed E-state index contributed by atoms with van der Waals surface area (Å²) in [6.45, 7) is 1.57. The Morgan fingerprint density at radius 3 is 2.19 bits per heavy atom. The van der Waals surface area contributed by atoms with Crippen molar-refractivity contribution in [1.82, 2.24) is 0 Å². The number of hydrogen-bond donors (Lipinski definition) is 5. The quantitative estimate of drug-likeness (QED) is 0.220. The van der Waals surface area contributed by atoms with Crippen LogP contribution in [0.25, 0.3) is 0 Å². The highest BCUT2D eigenvalue weighted by molar-refractivity contribution is 6.30. The van der Waals surface area contributed by atoms with Gasteiger partial charge in [0.1, 0.15) is 44.0 Å². The molecule has 4 saturated heterocycles. The summed E-state index contributed by atoms with van der Waals surface area (Å²) >= 11 is 0. The molecule has 0 aromatic heterocycles. The van der Waals surface area contributed by atoms with E-state index < -0.39 is 66.3 Å². The Hall–Kier alpha value is -0.245. The molecule has 0 aromatic rings. The van der Waals surface area contributed by atoms with Gasteiger partial charge in [0, 0.05) is 11.9 Å². The number of hydrogen-bond acceptors (Lipinski definition) is 11. The van der Waals surface area contributed by atoms with Crippen LogP contribution in [0.15, 0.2) is 0 Å². The molecule has 0 amide bonds. The molecule has 0 spiro atoms. The minimum absolute atomic E-state index is 0.0289. The summed E-state index contributed by atoms with van der Waals surface area (Å²) in [6.07, 6.45) is -6.08. The molecule has 11 nitrogen and oxygen atoms in total. The Morgan fingerprint density at radius 1 is 0.968 bits per heavy atom. The molecule has 31 heavy (non-hydrogen) atoms. The molecule has 0 aliphatic carbocycles. The van der Waals surface area contributed by atoms with E-state index in [1.54, 1.807) is 6.92 Å². The summed E-state index contributed by atoms with van der Waals surface area (Å²) in [7, 11) is 8.33. The van der Waals surface area contributed by atoms with Crippen LogP contribution in [-0.2, 0) is 28.3 Å². The van der Waals surface area contributed by atoms with E-state index in [0.29, 0.717) is 0 Å². The lowest BCUT2D eigenvalue weighted by Crippen LogP contribution is -2.45. The second kappa shape index (κ2) is 9.55. The van der Waals surface area contributed by atoms with Crippen molar-refractivity contribution in [3.05, 3.63) is 0 Å². The standard InChI is InChI=1S/C17H27B3O11/c1-6-9(22)7(2-28-20-16-12-13(25)17(4-21,31-16)5-26-12)30-15(6)19-27-3-8-10(23)11(24)14(18)29-8/h6-16,21-25H,2-5H2,1H3/t6-,7-,8-,9+,10+,11-,12-,13+,14-,15-,16-,17+/m1/s1. The smallest absolute Gasteiger partial charge is 0.327 e. The van der Waals surface area contributed by atoms with Crippen LogP contribution >= 0.6 is 0 Å². The Bertz CT molecular complexity index is 620. The molecule has 2 bridgehead atoms. The lowest BCUT2D eigenvalue weighted by molar-refractivity contribution is -0.140. The first-order valence-electron chi connectivity index (χ1n) is 10.4. The molecule has 4 aliphatic heterocycles. The summed E-state index contributed by atoms with van der Waals surface area (Å²) in [5.74, 6) is -0.280. The van der Waals surface area contributed by atoms with Crippen LogP contribution in [0.4, 0.5) is 0 Å². The third-order valence-corrected chi connectivity index (χ3v) is 6.48. The van der Waals surface area contributed by atoms with Gasteiger partial charge in [-0.05, 0) is 0 Å². The molecular weight excluding hydrogens is 413 g/mol. The number of rotatable bonds is 9. The molecule has 0 saturated carbocycles. The number of ether oxygens (including phenoxy) is 4. The average Bonchev–Trinajstić information content (AvgIpc) is 3.40. The van der Waals surface area contributed by atoms with Gasteiger partial charge >= 0.3 is 15.0 Å². The molecule has 0 unspecified atom stereocenters. The molecule has 5 N–H and O–H groups in total. The van der Waals surface area contributed by atoms with Crippen molar-refractivity contribution >= 4 is 22.8 Å². The van der Waals surface area contributed by atoms with Crippen LogP contribution in [0, 0.1) is 5.92 Å². The van der Waals surface area contributed by atoms with Crippen molar-refractivity contribution in [2.24, 2.45) is 5.92 Å². The van der Waals surface area contributed by atoms with Crippen LogP contribution < -0.4 is 0 Å². The van der Waals surface area contributed by atoms with Gasteiger partial charge in [-0.15, -0.1) is 0 Å². The Labute approximate surface area is 182 Å². The fourth-order valence-corrected chi connectivity index (χ4v) is 4.35. The SMILES string of the molecule is [B][C@@H]1O[C@H](CO[B][C@@H]2O[C@H](CO[B][C@@H]3O[C@@]4(CO)CO[C@@H]3[C@@H]4O)[C@@H](O)[C@H]2C)[C@H](O)[C@H]1O. The molecule has 4 radical (unpaired) electrons. The Morgan fingerprint density at radius 2 is 1.61 bits per heavy atom. The fraction of sp³-hybridized carbons (Fsp3) is 1.00. The molecule has 4 rings (SSSR count). The van der Waals surface area contributed by atoms with Gasteiger partial charge in [-0.25, -0.2) is 0 Å². The maximum Gasteiger partial charge on any atom is 0.327 e. The van der Waals surface area contributed by atoms with Crippen LogP contribution in [0.1, 0.15) is 6.92 Å². The minimum Gasteiger partial charge on any atom is -0.435 e. The van der Waals surface area contributed by atoms with Crippen molar-refractivity contribution in [2.75, 3.05) is 26.4 Å². The van der Waals surface area contributed by atoms with Crippen molar-refractivity contribution in [3.63, 3.8) is 0 Å². The lowest BCUT2D eigenvalue weighted by Gasteiger charge is -2.28. The molecule has 14 heteroatoms. The lowest BCUT2D eigenvalue weighted by atomic mass is 9.80. The summed E-state index contributed by atoms with van der Waals surface area (Å²) in [5, 5.41) is 49.5. The van der Waals surface area contributed by atoms with Gasteiger partial charge < -0.3 is 53.8 Å². The van der Waals surface area contributed by atoms with E-state index in [0.717, 1.165) is 0 Å². The fourth-order valence-electron chi connectivity index (χ4n) is 4.35. The zero-order valence-corrected chi connectivity index (χ0v) is 17.1. The van der Waals surface area contributed by atoms with Gasteiger partial charge in [0.05, 0.1) is 50.6 Å². The van der Waals surface area contributed by atoms with Gasteiger partial charge in [-0.2, -0.15) is 0 Å². The predicted molar refractivity (Wildman–Crippen MR) is 104 cm³/mol. The van der Waals surface area contributed by atoms with Gasteiger partial charge in [0.2, 0.25) is 0 Å². The first-order valence-corrected chi connectivity index (χ1v) is 10.4. The number of aliphatic hydroxyl groups excluding tert-OH is 5. The van der Waals surface area contributed by atoms with E-state index in [1.165, 1.54) is 15.0 Å². The second-order valence-corrected chi connectivity index (χ2v) is 8.57. The highest BCUT2D eigenvalue weighted by Crippen LogP contribution is 2.39. The van der Waals surface area contributed by atoms with Crippen molar-refractivity contribution in [2.45, 2.75) is 73.3 Å². The number of aliphatic hydroxyl groups is 5. The number of fused-ring (bicyclic) bond motifs is 2. The largest absolute Gasteiger partial charge is 0.435 e. The summed E-state index contributed by atoms with van der Waals surface area (Å²) < 4.78 is 33.1. The third kappa shape index (κ3) is 4.45. The van der Waals surface area contributed by atoms with Crippen molar-refractivity contribution < 1.29 is 53.8 Å². The normalized spacial score (nSPS) is 51.5. The highest BCUT2D eigenvalue weighted by atomic mass is 16.6. The molecular formula is C17H27B3O11. The molecule has 4 fully saturated rings. The average molecular weight is 440 g/mol. The Balaban J connectivity index is 1.18. The van der Waals surface area contributed by atoms with Crippen LogP contribution in [0.5, 0.6) is 0 Å². The summed E-state index contributed by atoms with van der Waals surface area (Å²) in [6, 6.07) is -2.14. The predicted octanol–water partition coefficient (Wildman–Crippen LogP) is -4.56. The zero-order chi connectivity index (χ0) is 22.3. The highest BCUT2D eigenvalue weighted by Gasteiger charge is 2.61. The summed E-state index contributed by atoms with van der Waals surface area (Å²) in [5.41, 5.74) is -1.12. The van der Waals surface area contributed by atoms with E-state index in [2.05, 4.69) is 0 Å². The topological polar surface area (TPSA) is 157 Å². The maximum atomic E-state index is 10.4. The van der Waals surface area contributed by atoms with E-state index in [1.807, 2.05) is 0 Å². The van der Waals surface area contributed by atoms with E-state index >= 15 is 0 Å². The van der Waals surface area contributed by atoms with E-state index in [-0.39, 0.29) is 32.3 Å². The van der Waals surface area contributed by atoms with Gasteiger partial charge in [-0.3, -0.25) is 0 Å². The van der Waals surface area contributed by atoms with Crippen LogP contribution in [0.3, 0.4) is 0 Å². The van der Waals surface area contributed by atoms with E-state index in [4.69, 9.17) is 36.1 Å².